The zero-order chi connectivity index (χ0) is 22.7. The molecule has 3 aromatic rings. The van der Waals surface area contributed by atoms with E-state index in [0.717, 1.165) is 20.8 Å². The van der Waals surface area contributed by atoms with Gasteiger partial charge in [0.25, 0.3) is 5.56 Å². The monoisotopic (exact) mass is 449 g/mol. The number of aromatic amines is 1. The Hall–Kier alpha value is -3.52. The number of para-hydroxylation sites is 1. The lowest BCUT2D eigenvalue weighted by Crippen LogP contribution is -2.34. The van der Waals surface area contributed by atoms with Crippen molar-refractivity contribution in [1.29, 1.82) is 0 Å². The molecule has 0 aliphatic carbocycles. The van der Waals surface area contributed by atoms with Gasteiger partial charge in [0.15, 0.2) is 0 Å². The minimum atomic E-state index is -0.691. The van der Waals surface area contributed by atoms with E-state index in [1.165, 1.54) is 6.08 Å². The number of hydrogen-bond donors (Lipinski definition) is 2. The van der Waals surface area contributed by atoms with Crippen molar-refractivity contribution in [1.82, 2.24) is 9.55 Å². The molecule has 0 radical (unpaired) electrons. The predicted molar refractivity (Wildman–Crippen MR) is 127 cm³/mol. The van der Waals surface area contributed by atoms with Crippen LogP contribution in [0.15, 0.2) is 80.7 Å². The molecular weight excluding hydrogens is 426 g/mol. The first-order valence-electron chi connectivity index (χ1n) is 10.2. The normalized spacial score (nSPS) is 15.4. The van der Waals surface area contributed by atoms with Gasteiger partial charge in [-0.2, -0.15) is 0 Å². The number of aromatic nitrogens is 2. The molecule has 4 rings (SSSR count). The first-order valence-corrected chi connectivity index (χ1v) is 11.1. The molecule has 0 spiro atoms. The Morgan fingerprint density at radius 1 is 1.25 bits per heavy atom. The lowest BCUT2D eigenvalue weighted by Gasteiger charge is -2.17. The Labute approximate surface area is 189 Å². The quantitative estimate of drug-likeness (QED) is 0.550. The fraction of sp³-hybridized carbons (Fsp3) is 0.208. The van der Waals surface area contributed by atoms with Crippen LogP contribution in [-0.4, -0.2) is 27.0 Å². The van der Waals surface area contributed by atoms with Gasteiger partial charge in [-0.15, -0.1) is 18.3 Å². The van der Waals surface area contributed by atoms with Crippen molar-refractivity contribution in [3.63, 3.8) is 0 Å². The molecule has 32 heavy (non-hydrogen) atoms. The third kappa shape index (κ3) is 4.27. The van der Waals surface area contributed by atoms with Crippen LogP contribution >= 0.6 is 11.8 Å². The molecule has 1 aromatic heterocycles. The molecule has 1 aliphatic rings. The highest BCUT2D eigenvalue weighted by molar-refractivity contribution is 7.99. The maximum atomic E-state index is 12.7. The number of fused-ring (bicyclic) bond motifs is 1. The van der Waals surface area contributed by atoms with Gasteiger partial charge in [0.05, 0.1) is 18.0 Å². The molecule has 164 valence electrons. The second kappa shape index (κ2) is 9.32. The van der Waals surface area contributed by atoms with E-state index in [9.17, 15) is 14.7 Å². The van der Waals surface area contributed by atoms with Gasteiger partial charge in [0.1, 0.15) is 11.3 Å². The standard InChI is InChI=1S/C24H23N3O4S/c1-3-13-27-23(29)21(22(28)26-24(27)30)18-14-20(15-9-11-16(12-10-15)31-4-2)32-19-8-6-5-7-17(19)25-18/h3,5-12,20,29H,1,4,13-14H2,2H3,(H,26,28,30)/t20-/m1/s1. The summed E-state index contributed by atoms with van der Waals surface area (Å²) in [5.74, 6) is 0.377. The Morgan fingerprint density at radius 3 is 2.72 bits per heavy atom. The highest BCUT2D eigenvalue weighted by atomic mass is 32.2. The zero-order valence-electron chi connectivity index (χ0n) is 17.6. The Morgan fingerprint density at radius 2 is 2.00 bits per heavy atom. The van der Waals surface area contributed by atoms with Crippen molar-refractivity contribution in [3.05, 3.63) is 93.2 Å². The summed E-state index contributed by atoms with van der Waals surface area (Å²) in [6.45, 7) is 6.20. The first kappa shape index (κ1) is 21.7. The number of thioether (sulfide) groups is 1. The van der Waals surface area contributed by atoms with E-state index >= 15 is 0 Å². The van der Waals surface area contributed by atoms with Crippen LogP contribution in [0.3, 0.4) is 0 Å². The third-order valence-electron chi connectivity index (χ3n) is 5.10. The van der Waals surface area contributed by atoms with Crippen molar-refractivity contribution in [2.45, 2.75) is 30.0 Å². The van der Waals surface area contributed by atoms with Crippen molar-refractivity contribution in [3.8, 4) is 11.6 Å². The van der Waals surface area contributed by atoms with Crippen molar-refractivity contribution in [2.75, 3.05) is 6.61 Å². The summed E-state index contributed by atoms with van der Waals surface area (Å²) in [4.78, 5) is 32.9. The fourth-order valence-electron chi connectivity index (χ4n) is 3.62. The van der Waals surface area contributed by atoms with Crippen LogP contribution in [0.2, 0.25) is 0 Å². The van der Waals surface area contributed by atoms with E-state index in [1.807, 2.05) is 55.5 Å². The number of aliphatic imine (C=N–C) groups is 1. The maximum absolute atomic E-state index is 12.7. The average Bonchev–Trinajstić information content (AvgIpc) is 2.97. The van der Waals surface area contributed by atoms with Crippen molar-refractivity contribution < 1.29 is 9.84 Å². The largest absolute Gasteiger partial charge is 0.494 e. The third-order valence-corrected chi connectivity index (χ3v) is 6.43. The summed E-state index contributed by atoms with van der Waals surface area (Å²) in [5, 5.41) is 10.8. The Balaban J connectivity index is 1.84. The maximum Gasteiger partial charge on any atom is 0.331 e. The van der Waals surface area contributed by atoms with E-state index in [4.69, 9.17) is 9.73 Å². The number of aromatic hydroxyl groups is 1. The first-order chi connectivity index (χ1) is 15.5. The van der Waals surface area contributed by atoms with Gasteiger partial charge in [-0.25, -0.2) is 4.79 Å². The van der Waals surface area contributed by atoms with Crippen LogP contribution in [0.5, 0.6) is 11.6 Å². The van der Waals surface area contributed by atoms with E-state index in [0.29, 0.717) is 24.4 Å². The zero-order valence-corrected chi connectivity index (χ0v) is 18.4. The van der Waals surface area contributed by atoms with Crippen LogP contribution < -0.4 is 16.0 Å². The molecule has 0 amide bonds. The number of nitrogens with zero attached hydrogens (tertiary/aromatic N) is 2. The number of hydrogen-bond acceptors (Lipinski definition) is 6. The van der Waals surface area contributed by atoms with Gasteiger partial charge in [-0.05, 0) is 36.8 Å². The smallest absolute Gasteiger partial charge is 0.331 e. The van der Waals surface area contributed by atoms with Crippen molar-refractivity contribution in [2.24, 2.45) is 4.99 Å². The second-order valence-electron chi connectivity index (χ2n) is 7.20. The molecule has 1 aliphatic heterocycles. The number of allylic oxidation sites excluding steroid dienone is 1. The number of ether oxygens (including phenoxy) is 1. The van der Waals surface area contributed by atoms with Gasteiger partial charge in [-0.1, -0.05) is 30.3 Å². The summed E-state index contributed by atoms with van der Waals surface area (Å²) >= 11 is 1.64. The van der Waals surface area contributed by atoms with Crippen LogP contribution in [0.1, 0.15) is 29.7 Å². The number of benzene rings is 2. The molecule has 0 unspecified atom stereocenters. The molecule has 0 saturated heterocycles. The number of nitrogens with one attached hydrogen (secondary N) is 1. The molecule has 0 bridgehead atoms. The molecule has 1 atom stereocenters. The van der Waals surface area contributed by atoms with Gasteiger partial charge in [0.2, 0.25) is 5.88 Å². The average molecular weight is 450 g/mol. The van der Waals surface area contributed by atoms with Crippen LogP contribution in [0.4, 0.5) is 5.69 Å². The van der Waals surface area contributed by atoms with Gasteiger partial charge >= 0.3 is 5.69 Å². The summed E-state index contributed by atoms with van der Waals surface area (Å²) in [6, 6.07) is 15.5. The number of rotatable bonds is 6. The van der Waals surface area contributed by atoms with Gasteiger partial charge in [-0.3, -0.25) is 19.3 Å². The van der Waals surface area contributed by atoms with E-state index < -0.39 is 17.1 Å². The summed E-state index contributed by atoms with van der Waals surface area (Å²) in [5.41, 5.74) is 0.807. The summed E-state index contributed by atoms with van der Waals surface area (Å²) in [7, 11) is 0. The van der Waals surface area contributed by atoms with Crippen LogP contribution in [0, 0.1) is 0 Å². The predicted octanol–water partition coefficient (Wildman–Crippen LogP) is 4.18. The highest BCUT2D eigenvalue weighted by Gasteiger charge is 2.27. The summed E-state index contributed by atoms with van der Waals surface area (Å²) in [6.07, 6.45) is 1.86. The molecule has 0 fully saturated rings. The molecule has 0 saturated carbocycles. The Bertz CT molecular complexity index is 1290. The van der Waals surface area contributed by atoms with E-state index in [2.05, 4.69) is 11.6 Å². The fourth-order valence-corrected chi connectivity index (χ4v) is 4.85. The molecular formula is C24H23N3O4S. The SMILES string of the molecule is C=CCn1c(O)c(C2=Nc3ccccc3S[C@@H](c3ccc(OCC)cc3)C2)c(=O)[nH]c1=O. The minimum absolute atomic E-state index is 0.000287. The molecule has 2 heterocycles. The van der Waals surface area contributed by atoms with Crippen LogP contribution in [0.25, 0.3) is 0 Å². The van der Waals surface area contributed by atoms with Gasteiger partial charge in [0, 0.05) is 23.1 Å². The second-order valence-corrected chi connectivity index (χ2v) is 8.44. The van der Waals surface area contributed by atoms with Crippen molar-refractivity contribution >= 4 is 23.2 Å². The lowest BCUT2D eigenvalue weighted by atomic mass is 10.0. The van der Waals surface area contributed by atoms with E-state index in [-0.39, 0.29) is 17.4 Å². The van der Waals surface area contributed by atoms with Gasteiger partial charge < -0.3 is 9.84 Å². The molecule has 2 N–H and O–H groups in total. The topological polar surface area (TPSA) is 96.7 Å². The lowest BCUT2D eigenvalue weighted by molar-refractivity contribution is 0.340. The summed E-state index contributed by atoms with van der Waals surface area (Å²) < 4.78 is 6.62. The highest BCUT2D eigenvalue weighted by Crippen LogP contribution is 2.45. The van der Waals surface area contributed by atoms with E-state index in [1.54, 1.807) is 11.8 Å². The molecule has 8 heteroatoms. The van der Waals surface area contributed by atoms with Crippen LogP contribution in [-0.2, 0) is 6.54 Å². The molecule has 7 nitrogen and oxygen atoms in total. The Kier molecular flexibility index (Phi) is 6.32. The number of H-pyrrole nitrogens is 1. The minimum Gasteiger partial charge on any atom is -0.494 e. The molecule has 2 aromatic carbocycles.